The first-order chi connectivity index (χ1) is 8.24. The first-order valence-corrected chi connectivity index (χ1v) is 6.30. The highest BCUT2D eigenvalue weighted by atomic mass is 14.9. The summed E-state index contributed by atoms with van der Waals surface area (Å²) in [5.41, 5.74) is 1.40. The molecule has 0 fully saturated rings. The van der Waals surface area contributed by atoms with Gasteiger partial charge in [-0.2, -0.15) is 0 Å². The van der Waals surface area contributed by atoms with Gasteiger partial charge in [-0.15, -0.1) is 0 Å². The van der Waals surface area contributed by atoms with Gasteiger partial charge in [0.25, 0.3) is 0 Å². The molecule has 2 heteroatoms. The zero-order valence-electron chi connectivity index (χ0n) is 10.8. The molecule has 1 aromatic heterocycles. The maximum absolute atomic E-state index is 4.18. The molecule has 0 aliphatic rings. The average Bonchev–Trinajstić information content (AvgIpc) is 2.37. The third kappa shape index (κ3) is 2.47. The van der Waals surface area contributed by atoms with E-state index in [1.807, 2.05) is 12.4 Å². The molecular weight excluding hydrogens is 208 g/mol. The van der Waals surface area contributed by atoms with Gasteiger partial charge in [0.15, 0.2) is 0 Å². The Morgan fingerprint density at radius 3 is 2.82 bits per heavy atom. The number of fused-ring (bicyclic) bond motifs is 1. The van der Waals surface area contributed by atoms with E-state index in [1.165, 1.54) is 16.3 Å². The van der Waals surface area contributed by atoms with E-state index in [-0.39, 0.29) is 0 Å². The number of hydrogen-bond acceptors (Lipinski definition) is 2. The summed E-state index contributed by atoms with van der Waals surface area (Å²) in [4.78, 5) is 4.18. The first-order valence-electron chi connectivity index (χ1n) is 6.30. The molecule has 0 amide bonds. The summed E-state index contributed by atoms with van der Waals surface area (Å²) >= 11 is 0. The normalized spacial score (nSPS) is 14.8. The third-order valence-corrected chi connectivity index (χ3v) is 3.48. The predicted octanol–water partition coefficient (Wildman–Crippen LogP) is 3.34. The van der Waals surface area contributed by atoms with E-state index in [4.69, 9.17) is 0 Å². The molecule has 0 bridgehead atoms. The van der Waals surface area contributed by atoms with Gasteiger partial charge in [-0.1, -0.05) is 32.0 Å². The zero-order chi connectivity index (χ0) is 12.3. The topological polar surface area (TPSA) is 24.9 Å². The smallest absolute Gasteiger partial charge is 0.0346 e. The van der Waals surface area contributed by atoms with Gasteiger partial charge in [-0.3, -0.25) is 4.98 Å². The summed E-state index contributed by atoms with van der Waals surface area (Å²) in [7, 11) is 0. The van der Waals surface area contributed by atoms with Gasteiger partial charge >= 0.3 is 0 Å². The molecule has 2 rings (SSSR count). The van der Waals surface area contributed by atoms with Gasteiger partial charge < -0.3 is 5.32 Å². The van der Waals surface area contributed by atoms with Crippen LogP contribution in [0.1, 0.15) is 32.3 Å². The largest absolute Gasteiger partial charge is 0.314 e. The van der Waals surface area contributed by atoms with Crippen LogP contribution in [0.25, 0.3) is 10.8 Å². The minimum Gasteiger partial charge on any atom is -0.314 e. The Labute approximate surface area is 103 Å². The fraction of sp³-hybridized carbons (Fsp3) is 0.400. The molecule has 2 nitrogen and oxygen atoms in total. The van der Waals surface area contributed by atoms with E-state index < -0.39 is 0 Å². The van der Waals surface area contributed by atoms with E-state index in [9.17, 15) is 0 Å². The standard InChI is InChI=1S/C15H20N2/c1-4-17-12(3)11(2)14-7-5-6-13-10-16-9-8-15(13)14/h5-12,17H,4H2,1-3H3. The van der Waals surface area contributed by atoms with Gasteiger partial charge in [-0.25, -0.2) is 0 Å². The number of pyridine rings is 1. The minimum atomic E-state index is 0.485. The number of nitrogens with one attached hydrogen (secondary N) is 1. The summed E-state index contributed by atoms with van der Waals surface area (Å²) in [6, 6.07) is 9.06. The SMILES string of the molecule is CCNC(C)C(C)c1cccc2cnccc12. The molecule has 0 saturated carbocycles. The maximum Gasteiger partial charge on any atom is 0.0346 e. The lowest BCUT2D eigenvalue weighted by atomic mass is 9.90. The average molecular weight is 228 g/mol. The summed E-state index contributed by atoms with van der Waals surface area (Å²) in [5.74, 6) is 0.501. The van der Waals surface area contributed by atoms with Crippen LogP contribution in [0.5, 0.6) is 0 Å². The van der Waals surface area contributed by atoms with E-state index in [0.717, 1.165) is 6.54 Å². The van der Waals surface area contributed by atoms with Gasteiger partial charge in [-0.05, 0) is 36.4 Å². The van der Waals surface area contributed by atoms with Gasteiger partial charge in [0.05, 0.1) is 0 Å². The van der Waals surface area contributed by atoms with Gasteiger partial charge in [0, 0.05) is 23.8 Å². The van der Waals surface area contributed by atoms with E-state index in [2.05, 4.69) is 55.3 Å². The predicted molar refractivity (Wildman–Crippen MR) is 73.3 cm³/mol. The molecule has 0 radical (unpaired) electrons. The van der Waals surface area contributed by atoms with Crippen molar-refractivity contribution in [3.63, 3.8) is 0 Å². The summed E-state index contributed by atoms with van der Waals surface area (Å²) in [6.45, 7) is 7.69. The fourth-order valence-corrected chi connectivity index (χ4v) is 2.31. The lowest BCUT2D eigenvalue weighted by molar-refractivity contribution is 0.497. The second-order valence-corrected chi connectivity index (χ2v) is 4.58. The van der Waals surface area contributed by atoms with Crippen molar-refractivity contribution in [1.82, 2.24) is 10.3 Å². The molecule has 1 N–H and O–H groups in total. The molecule has 2 aromatic rings. The lowest BCUT2D eigenvalue weighted by Gasteiger charge is -2.22. The van der Waals surface area contributed by atoms with Crippen LogP contribution in [0.3, 0.4) is 0 Å². The van der Waals surface area contributed by atoms with Crippen LogP contribution in [-0.4, -0.2) is 17.6 Å². The monoisotopic (exact) mass is 228 g/mol. The van der Waals surface area contributed by atoms with Crippen LogP contribution in [0.2, 0.25) is 0 Å². The molecule has 17 heavy (non-hydrogen) atoms. The van der Waals surface area contributed by atoms with E-state index >= 15 is 0 Å². The quantitative estimate of drug-likeness (QED) is 0.868. The summed E-state index contributed by atoms with van der Waals surface area (Å²) < 4.78 is 0. The van der Waals surface area contributed by atoms with Crippen molar-refractivity contribution < 1.29 is 0 Å². The number of aromatic nitrogens is 1. The molecule has 2 atom stereocenters. The van der Waals surface area contributed by atoms with Crippen LogP contribution in [0.15, 0.2) is 36.7 Å². The van der Waals surface area contributed by atoms with Crippen molar-refractivity contribution in [3.05, 3.63) is 42.2 Å². The highest BCUT2D eigenvalue weighted by Gasteiger charge is 2.15. The van der Waals surface area contributed by atoms with Crippen molar-refractivity contribution >= 4 is 10.8 Å². The molecule has 90 valence electrons. The Hall–Kier alpha value is -1.41. The number of likely N-dealkylation sites (N-methyl/N-ethyl adjacent to an activating group) is 1. The van der Waals surface area contributed by atoms with Gasteiger partial charge in [0.1, 0.15) is 0 Å². The number of hydrogen-bond donors (Lipinski definition) is 1. The van der Waals surface area contributed by atoms with Crippen molar-refractivity contribution in [2.24, 2.45) is 0 Å². The van der Waals surface area contributed by atoms with E-state index in [0.29, 0.717) is 12.0 Å². The molecule has 1 heterocycles. The van der Waals surface area contributed by atoms with Crippen LogP contribution >= 0.6 is 0 Å². The molecule has 2 unspecified atom stereocenters. The highest BCUT2D eigenvalue weighted by molar-refractivity contribution is 5.85. The zero-order valence-corrected chi connectivity index (χ0v) is 10.8. The Morgan fingerprint density at radius 1 is 1.24 bits per heavy atom. The maximum atomic E-state index is 4.18. The molecule has 0 spiro atoms. The molecular formula is C15H20N2. The Morgan fingerprint density at radius 2 is 2.06 bits per heavy atom. The van der Waals surface area contributed by atoms with Gasteiger partial charge in [0.2, 0.25) is 0 Å². The second-order valence-electron chi connectivity index (χ2n) is 4.58. The van der Waals surface area contributed by atoms with Crippen molar-refractivity contribution in [3.8, 4) is 0 Å². The van der Waals surface area contributed by atoms with Crippen LogP contribution in [0.4, 0.5) is 0 Å². The number of nitrogens with zero attached hydrogens (tertiary/aromatic N) is 1. The van der Waals surface area contributed by atoms with Crippen LogP contribution < -0.4 is 5.32 Å². The molecule has 0 saturated heterocycles. The van der Waals surface area contributed by atoms with Crippen molar-refractivity contribution in [1.29, 1.82) is 0 Å². The Bertz CT molecular complexity index is 488. The Balaban J connectivity index is 2.41. The van der Waals surface area contributed by atoms with Crippen LogP contribution in [0, 0.1) is 0 Å². The fourth-order valence-electron chi connectivity index (χ4n) is 2.31. The molecule has 0 aliphatic carbocycles. The third-order valence-electron chi connectivity index (χ3n) is 3.48. The summed E-state index contributed by atoms with van der Waals surface area (Å²) in [6.07, 6.45) is 3.81. The summed E-state index contributed by atoms with van der Waals surface area (Å²) in [5, 5.41) is 6.03. The van der Waals surface area contributed by atoms with Crippen LogP contribution in [-0.2, 0) is 0 Å². The lowest BCUT2D eigenvalue weighted by Crippen LogP contribution is -2.30. The minimum absolute atomic E-state index is 0.485. The highest BCUT2D eigenvalue weighted by Crippen LogP contribution is 2.26. The molecule has 0 aliphatic heterocycles. The number of benzene rings is 1. The molecule has 1 aromatic carbocycles. The Kier molecular flexibility index (Phi) is 3.75. The first kappa shape index (κ1) is 12.1. The van der Waals surface area contributed by atoms with Crippen molar-refractivity contribution in [2.75, 3.05) is 6.54 Å². The van der Waals surface area contributed by atoms with E-state index in [1.54, 1.807) is 0 Å². The second kappa shape index (κ2) is 5.28. The van der Waals surface area contributed by atoms with Crippen molar-refractivity contribution in [2.45, 2.75) is 32.7 Å². The number of rotatable bonds is 4.